The minimum Gasteiger partial charge on any atom is -0.497 e. The molecule has 0 aromatic heterocycles. The molecule has 9 heteroatoms. The zero-order valence-corrected chi connectivity index (χ0v) is 20.7. The molecule has 0 unspecified atom stereocenters. The maximum absolute atomic E-state index is 13.4. The number of rotatable bonds is 6. The number of hydrogen-bond acceptors (Lipinski definition) is 6. The Labute approximate surface area is 202 Å². The molecule has 2 heterocycles. The summed E-state index contributed by atoms with van der Waals surface area (Å²) >= 11 is 0. The van der Waals surface area contributed by atoms with Crippen LogP contribution in [0.3, 0.4) is 0 Å². The van der Waals surface area contributed by atoms with Gasteiger partial charge in [-0.15, -0.1) is 0 Å². The molecule has 8 nitrogen and oxygen atoms in total. The molecule has 0 atom stereocenters. The molecule has 4 rings (SSSR count). The summed E-state index contributed by atoms with van der Waals surface area (Å²) < 4.78 is 38.9. The standard InChI is InChI=1S/C25H33N3O5S/c1-32-21-9-7-8-20(18-21)26-14-16-27(17-15-26)25(29)23-19-22(10-11-24(23)33-2)34(30,31)28-12-5-3-4-6-13-28/h7-11,18-19H,3-6,12-17H2,1-2H3. The number of anilines is 1. The van der Waals surface area contributed by atoms with Crippen LogP contribution in [0.5, 0.6) is 11.5 Å². The van der Waals surface area contributed by atoms with Gasteiger partial charge in [0.2, 0.25) is 10.0 Å². The fraction of sp³-hybridized carbons (Fsp3) is 0.480. The van der Waals surface area contributed by atoms with Gasteiger partial charge in [-0.1, -0.05) is 18.9 Å². The van der Waals surface area contributed by atoms with E-state index in [1.54, 1.807) is 22.4 Å². The molecule has 0 aliphatic carbocycles. The molecule has 0 radical (unpaired) electrons. The van der Waals surface area contributed by atoms with Crippen molar-refractivity contribution in [2.75, 3.05) is 58.4 Å². The lowest BCUT2D eigenvalue weighted by molar-refractivity contribution is 0.0743. The summed E-state index contributed by atoms with van der Waals surface area (Å²) in [5, 5.41) is 0. The van der Waals surface area contributed by atoms with Crippen LogP contribution in [0.25, 0.3) is 0 Å². The van der Waals surface area contributed by atoms with Crippen LogP contribution in [0.4, 0.5) is 5.69 Å². The van der Waals surface area contributed by atoms with E-state index in [1.165, 1.54) is 19.2 Å². The highest BCUT2D eigenvalue weighted by Gasteiger charge is 2.29. The summed E-state index contributed by atoms with van der Waals surface area (Å²) in [6.07, 6.45) is 3.80. The molecule has 34 heavy (non-hydrogen) atoms. The van der Waals surface area contributed by atoms with Crippen LogP contribution in [0, 0.1) is 0 Å². The molecule has 0 spiro atoms. The van der Waals surface area contributed by atoms with E-state index in [0.717, 1.165) is 37.1 Å². The van der Waals surface area contributed by atoms with Crippen LogP contribution in [0.2, 0.25) is 0 Å². The minimum absolute atomic E-state index is 0.147. The number of piperazine rings is 1. The molecule has 0 bridgehead atoms. The number of ether oxygens (including phenoxy) is 2. The molecule has 2 aliphatic heterocycles. The maximum atomic E-state index is 13.4. The van der Waals surface area contributed by atoms with Gasteiger partial charge in [-0.05, 0) is 43.2 Å². The van der Waals surface area contributed by atoms with Gasteiger partial charge in [0.1, 0.15) is 11.5 Å². The molecule has 2 aromatic carbocycles. The number of methoxy groups -OCH3 is 2. The van der Waals surface area contributed by atoms with Crippen molar-refractivity contribution in [3.8, 4) is 11.5 Å². The molecular weight excluding hydrogens is 454 g/mol. The highest BCUT2D eigenvalue weighted by atomic mass is 32.2. The molecular formula is C25H33N3O5S. The molecule has 2 fully saturated rings. The monoisotopic (exact) mass is 487 g/mol. The smallest absolute Gasteiger partial charge is 0.257 e. The SMILES string of the molecule is COc1cccc(N2CCN(C(=O)c3cc(S(=O)(=O)N4CCCCCC4)ccc3OC)CC2)c1. The van der Waals surface area contributed by atoms with E-state index >= 15 is 0 Å². The third-order valence-corrected chi connectivity index (χ3v) is 8.48. The number of amides is 1. The molecule has 2 aromatic rings. The number of sulfonamides is 1. The lowest BCUT2D eigenvalue weighted by Crippen LogP contribution is -2.48. The van der Waals surface area contributed by atoms with E-state index in [9.17, 15) is 13.2 Å². The first kappa shape index (κ1) is 24.3. The van der Waals surface area contributed by atoms with Gasteiger partial charge in [0.15, 0.2) is 0 Å². The van der Waals surface area contributed by atoms with Crippen LogP contribution in [-0.2, 0) is 10.0 Å². The molecule has 2 aliphatic rings. The lowest BCUT2D eigenvalue weighted by Gasteiger charge is -2.36. The van der Waals surface area contributed by atoms with Crippen molar-refractivity contribution in [3.63, 3.8) is 0 Å². The first-order valence-corrected chi connectivity index (χ1v) is 13.2. The summed E-state index contributed by atoms with van der Waals surface area (Å²) in [6.45, 7) is 3.44. The van der Waals surface area contributed by atoms with E-state index < -0.39 is 10.0 Å². The van der Waals surface area contributed by atoms with Crippen molar-refractivity contribution >= 4 is 21.6 Å². The molecule has 1 amide bonds. The van der Waals surface area contributed by atoms with Gasteiger partial charge in [-0.25, -0.2) is 8.42 Å². The van der Waals surface area contributed by atoms with Gasteiger partial charge in [0.25, 0.3) is 5.91 Å². The summed E-state index contributed by atoms with van der Waals surface area (Å²) in [6, 6.07) is 12.5. The largest absolute Gasteiger partial charge is 0.497 e. The second-order valence-corrected chi connectivity index (χ2v) is 10.6. The number of nitrogens with zero attached hydrogens (tertiary/aromatic N) is 3. The van der Waals surface area contributed by atoms with E-state index in [1.807, 2.05) is 24.3 Å². The van der Waals surface area contributed by atoms with Crippen LogP contribution < -0.4 is 14.4 Å². The average Bonchev–Trinajstić information content (AvgIpc) is 3.18. The Hall–Kier alpha value is -2.78. The third kappa shape index (κ3) is 5.15. The van der Waals surface area contributed by atoms with Crippen molar-refractivity contribution < 1.29 is 22.7 Å². The second kappa shape index (κ2) is 10.7. The van der Waals surface area contributed by atoms with Crippen LogP contribution in [0.1, 0.15) is 36.0 Å². The quantitative estimate of drug-likeness (QED) is 0.623. The lowest BCUT2D eigenvalue weighted by atomic mass is 10.1. The van der Waals surface area contributed by atoms with E-state index in [2.05, 4.69) is 4.90 Å². The first-order chi connectivity index (χ1) is 16.4. The Kier molecular flexibility index (Phi) is 7.63. The Morgan fingerprint density at radius 3 is 2.18 bits per heavy atom. The van der Waals surface area contributed by atoms with Gasteiger partial charge < -0.3 is 19.3 Å². The normalized spacial score (nSPS) is 17.8. The fourth-order valence-corrected chi connectivity index (χ4v) is 6.13. The number of benzene rings is 2. The maximum Gasteiger partial charge on any atom is 0.257 e. The summed E-state index contributed by atoms with van der Waals surface area (Å²) in [7, 11) is -0.523. The topological polar surface area (TPSA) is 79.4 Å². The van der Waals surface area contributed by atoms with Crippen molar-refractivity contribution in [1.29, 1.82) is 0 Å². The van der Waals surface area contributed by atoms with Gasteiger partial charge in [0.05, 0.1) is 24.7 Å². The fourth-order valence-electron chi connectivity index (χ4n) is 4.59. The van der Waals surface area contributed by atoms with E-state index in [-0.39, 0.29) is 16.4 Å². The Bertz CT molecular complexity index is 1110. The highest BCUT2D eigenvalue weighted by Crippen LogP contribution is 2.28. The molecule has 0 saturated carbocycles. The zero-order chi connectivity index (χ0) is 24.1. The Morgan fingerprint density at radius 2 is 1.53 bits per heavy atom. The van der Waals surface area contributed by atoms with Gasteiger partial charge in [-0.3, -0.25) is 4.79 Å². The summed E-state index contributed by atoms with van der Waals surface area (Å²) in [4.78, 5) is 17.6. The van der Waals surface area contributed by atoms with E-state index in [0.29, 0.717) is 45.0 Å². The van der Waals surface area contributed by atoms with Crippen LogP contribution in [-0.4, -0.2) is 77.0 Å². The minimum atomic E-state index is -3.66. The Balaban J connectivity index is 1.51. The van der Waals surface area contributed by atoms with Gasteiger partial charge >= 0.3 is 0 Å². The van der Waals surface area contributed by atoms with Crippen LogP contribution in [0.15, 0.2) is 47.4 Å². The second-order valence-electron chi connectivity index (χ2n) is 8.66. The predicted molar refractivity (Wildman–Crippen MR) is 131 cm³/mol. The van der Waals surface area contributed by atoms with E-state index in [4.69, 9.17) is 9.47 Å². The number of carbonyl (C=O) groups excluding carboxylic acids is 1. The summed E-state index contributed by atoms with van der Waals surface area (Å²) in [5.41, 5.74) is 1.34. The molecule has 2 saturated heterocycles. The number of hydrogen-bond donors (Lipinski definition) is 0. The molecule has 184 valence electrons. The average molecular weight is 488 g/mol. The summed E-state index contributed by atoms with van der Waals surface area (Å²) in [5.74, 6) is 0.966. The van der Waals surface area contributed by atoms with Crippen molar-refractivity contribution in [2.45, 2.75) is 30.6 Å². The first-order valence-electron chi connectivity index (χ1n) is 11.8. The van der Waals surface area contributed by atoms with Crippen LogP contribution >= 0.6 is 0 Å². The van der Waals surface area contributed by atoms with Gasteiger partial charge in [0, 0.05) is 51.0 Å². The predicted octanol–water partition coefficient (Wildman–Crippen LogP) is 3.23. The zero-order valence-electron chi connectivity index (χ0n) is 19.9. The van der Waals surface area contributed by atoms with Crippen molar-refractivity contribution in [3.05, 3.63) is 48.0 Å². The van der Waals surface area contributed by atoms with Crippen molar-refractivity contribution in [2.24, 2.45) is 0 Å². The van der Waals surface area contributed by atoms with Crippen molar-refractivity contribution in [1.82, 2.24) is 9.21 Å². The number of carbonyl (C=O) groups is 1. The third-order valence-electron chi connectivity index (χ3n) is 6.59. The Morgan fingerprint density at radius 1 is 0.824 bits per heavy atom. The van der Waals surface area contributed by atoms with Gasteiger partial charge in [-0.2, -0.15) is 4.31 Å². The molecule has 0 N–H and O–H groups in total. The highest BCUT2D eigenvalue weighted by molar-refractivity contribution is 7.89.